The van der Waals surface area contributed by atoms with Gasteiger partial charge in [0.25, 0.3) is 5.91 Å². The predicted molar refractivity (Wildman–Crippen MR) is 113 cm³/mol. The summed E-state index contributed by atoms with van der Waals surface area (Å²) in [7, 11) is 0. The minimum Gasteiger partial charge on any atom is -0.348 e. The SMILES string of the molecule is Cc1nc(-c2ccc(NC(=O)c3cc(C#N)nn3-c3cccc(CN)c3)c(F)c2)c[nH]1. The normalized spacial score (nSPS) is 10.6. The van der Waals surface area contributed by atoms with E-state index in [4.69, 9.17) is 5.73 Å². The summed E-state index contributed by atoms with van der Waals surface area (Å²) in [5, 5.41) is 15.9. The Labute approximate surface area is 177 Å². The second-order valence-electron chi connectivity index (χ2n) is 6.83. The van der Waals surface area contributed by atoms with Gasteiger partial charge in [0.1, 0.15) is 23.4 Å². The number of H-pyrrole nitrogens is 1. The van der Waals surface area contributed by atoms with Crippen molar-refractivity contribution in [1.29, 1.82) is 5.26 Å². The first kappa shape index (κ1) is 20.0. The molecule has 1 amide bonds. The van der Waals surface area contributed by atoms with E-state index < -0.39 is 11.7 Å². The zero-order valence-electron chi connectivity index (χ0n) is 16.6. The number of carbonyl (C=O) groups is 1. The summed E-state index contributed by atoms with van der Waals surface area (Å²) < 4.78 is 16.0. The van der Waals surface area contributed by atoms with Gasteiger partial charge in [-0.25, -0.2) is 14.1 Å². The molecule has 4 aromatic rings. The molecule has 0 unspecified atom stereocenters. The summed E-state index contributed by atoms with van der Waals surface area (Å²) in [5.41, 5.74) is 8.44. The third kappa shape index (κ3) is 4.05. The number of aryl methyl sites for hydroxylation is 1. The van der Waals surface area contributed by atoms with Crippen molar-refractivity contribution in [2.75, 3.05) is 5.32 Å². The standard InChI is InChI=1S/C22H18FN7O/c1-13-26-12-20(27-13)15-5-6-19(18(23)8-15)28-22(31)21-9-16(11-25)29-30(21)17-4-2-3-14(7-17)10-24/h2-9,12H,10,24H2,1H3,(H,26,27)(H,28,31). The fourth-order valence-corrected chi connectivity index (χ4v) is 3.14. The van der Waals surface area contributed by atoms with Gasteiger partial charge in [-0.15, -0.1) is 0 Å². The maximum absolute atomic E-state index is 14.7. The largest absolute Gasteiger partial charge is 0.348 e. The van der Waals surface area contributed by atoms with E-state index in [1.54, 1.807) is 37.4 Å². The van der Waals surface area contributed by atoms with E-state index in [0.29, 0.717) is 29.3 Å². The number of aromatic nitrogens is 4. The van der Waals surface area contributed by atoms with Crippen LogP contribution in [0.1, 0.15) is 27.6 Å². The number of rotatable bonds is 5. The molecule has 9 heteroatoms. The Morgan fingerprint density at radius 2 is 2.13 bits per heavy atom. The molecule has 2 heterocycles. The van der Waals surface area contributed by atoms with Gasteiger partial charge in [-0.1, -0.05) is 18.2 Å². The van der Waals surface area contributed by atoms with Crippen LogP contribution in [0.3, 0.4) is 0 Å². The number of hydrogen-bond acceptors (Lipinski definition) is 5. The molecule has 31 heavy (non-hydrogen) atoms. The molecule has 0 aliphatic rings. The van der Waals surface area contributed by atoms with Crippen LogP contribution in [0.2, 0.25) is 0 Å². The fraction of sp³-hybridized carbons (Fsp3) is 0.0909. The zero-order valence-corrected chi connectivity index (χ0v) is 16.6. The number of imidazole rings is 1. The molecule has 0 atom stereocenters. The molecular formula is C22H18FN7O. The lowest BCUT2D eigenvalue weighted by molar-refractivity contribution is 0.101. The van der Waals surface area contributed by atoms with Gasteiger partial charge in [0, 0.05) is 24.4 Å². The molecule has 0 saturated heterocycles. The van der Waals surface area contributed by atoms with Crippen LogP contribution in [0.25, 0.3) is 16.9 Å². The van der Waals surface area contributed by atoms with E-state index in [1.807, 2.05) is 12.1 Å². The van der Waals surface area contributed by atoms with Gasteiger partial charge in [-0.3, -0.25) is 4.79 Å². The van der Waals surface area contributed by atoms with E-state index in [0.717, 1.165) is 5.56 Å². The molecule has 154 valence electrons. The van der Waals surface area contributed by atoms with Gasteiger partial charge < -0.3 is 16.0 Å². The average molecular weight is 415 g/mol. The highest BCUT2D eigenvalue weighted by Crippen LogP contribution is 2.24. The number of nitrogens with one attached hydrogen (secondary N) is 2. The van der Waals surface area contributed by atoms with Crippen molar-refractivity contribution in [1.82, 2.24) is 19.7 Å². The molecule has 2 aromatic carbocycles. The summed E-state index contributed by atoms with van der Waals surface area (Å²) in [5.74, 6) is -0.495. The molecule has 0 aliphatic carbocycles. The van der Waals surface area contributed by atoms with Crippen LogP contribution in [-0.2, 0) is 6.54 Å². The molecular weight excluding hydrogens is 397 g/mol. The highest BCUT2D eigenvalue weighted by Gasteiger charge is 2.19. The molecule has 0 saturated carbocycles. The van der Waals surface area contributed by atoms with Gasteiger partial charge in [-0.05, 0) is 36.8 Å². The van der Waals surface area contributed by atoms with E-state index in [9.17, 15) is 14.4 Å². The summed E-state index contributed by atoms with van der Waals surface area (Å²) in [6, 6.07) is 14.8. The van der Waals surface area contributed by atoms with Crippen molar-refractivity contribution < 1.29 is 9.18 Å². The highest BCUT2D eigenvalue weighted by molar-refractivity contribution is 6.03. The lowest BCUT2D eigenvalue weighted by Gasteiger charge is -2.10. The minimum atomic E-state index is -0.608. The third-order valence-corrected chi connectivity index (χ3v) is 4.67. The number of hydrogen-bond donors (Lipinski definition) is 3. The highest BCUT2D eigenvalue weighted by atomic mass is 19.1. The van der Waals surface area contributed by atoms with Crippen LogP contribution in [0.5, 0.6) is 0 Å². The van der Waals surface area contributed by atoms with Crippen molar-refractivity contribution in [3.63, 3.8) is 0 Å². The Balaban J connectivity index is 1.64. The Bertz CT molecular complexity index is 1320. The number of carbonyl (C=O) groups excluding carboxylic acids is 1. The molecule has 0 aliphatic heterocycles. The molecule has 0 spiro atoms. The van der Waals surface area contributed by atoms with Gasteiger partial charge in [-0.2, -0.15) is 10.4 Å². The smallest absolute Gasteiger partial charge is 0.274 e. The maximum Gasteiger partial charge on any atom is 0.274 e. The van der Waals surface area contributed by atoms with Crippen molar-refractivity contribution in [3.8, 4) is 23.0 Å². The lowest BCUT2D eigenvalue weighted by Crippen LogP contribution is -2.18. The number of aromatic amines is 1. The zero-order chi connectivity index (χ0) is 22.0. The second kappa shape index (κ2) is 8.22. The Morgan fingerprint density at radius 3 is 2.81 bits per heavy atom. The van der Waals surface area contributed by atoms with Crippen LogP contribution < -0.4 is 11.1 Å². The van der Waals surface area contributed by atoms with E-state index in [1.165, 1.54) is 22.9 Å². The van der Waals surface area contributed by atoms with Gasteiger partial charge in [0.05, 0.1) is 17.1 Å². The first-order valence-corrected chi connectivity index (χ1v) is 9.41. The van der Waals surface area contributed by atoms with Crippen molar-refractivity contribution in [2.45, 2.75) is 13.5 Å². The molecule has 0 radical (unpaired) electrons. The lowest BCUT2D eigenvalue weighted by atomic mass is 10.1. The number of nitrogens with zero attached hydrogens (tertiary/aromatic N) is 4. The Morgan fingerprint density at radius 1 is 1.29 bits per heavy atom. The Kier molecular flexibility index (Phi) is 5.30. The van der Waals surface area contributed by atoms with Crippen molar-refractivity contribution in [2.24, 2.45) is 5.73 Å². The van der Waals surface area contributed by atoms with E-state index >= 15 is 0 Å². The van der Waals surface area contributed by atoms with Crippen LogP contribution in [0.15, 0.2) is 54.7 Å². The molecule has 4 rings (SSSR count). The van der Waals surface area contributed by atoms with Crippen LogP contribution >= 0.6 is 0 Å². The van der Waals surface area contributed by atoms with Gasteiger partial charge in [0.2, 0.25) is 0 Å². The minimum absolute atomic E-state index is 0.00275. The van der Waals surface area contributed by atoms with Gasteiger partial charge in [0.15, 0.2) is 5.69 Å². The summed E-state index contributed by atoms with van der Waals surface area (Å²) >= 11 is 0. The topological polar surface area (TPSA) is 125 Å². The third-order valence-electron chi connectivity index (χ3n) is 4.67. The Hall–Kier alpha value is -4.29. The monoisotopic (exact) mass is 415 g/mol. The quantitative estimate of drug-likeness (QED) is 0.461. The molecule has 4 N–H and O–H groups in total. The second-order valence-corrected chi connectivity index (χ2v) is 6.83. The first-order valence-electron chi connectivity index (χ1n) is 9.41. The van der Waals surface area contributed by atoms with Gasteiger partial charge >= 0.3 is 0 Å². The number of anilines is 1. The van der Waals surface area contributed by atoms with Crippen LogP contribution in [0, 0.1) is 24.1 Å². The molecule has 8 nitrogen and oxygen atoms in total. The predicted octanol–water partition coefficient (Wildman–Crippen LogP) is 3.29. The first-order chi connectivity index (χ1) is 15.0. The average Bonchev–Trinajstić information content (AvgIpc) is 3.41. The van der Waals surface area contributed by atoms with E-state index in [2.05, 4.69) is 20.4 Å². The van der Waals surface area contributed by atoms with Crippen LogP contribution in [0.4, 0.5) is 10.1 Å². The number of halogens is 1. The number of amides is 1. The molecule has 0 fully saturated rings. The molecule has 0 bridgehead atoms. The van der Waals surface area contributed by atoms with Crippen molar-refractivity contribution >= 4 is 11.6 Å². The van der Waals surface area contributed by atoms with E-state index in [-0.39, 0.29) is 17.1 Å². The summed E-state index contributed by atoms with van der Waals surface area (Å²) in [6.07, 6.45) is 1.68. The number of benzene rings is 2. The van der Waals surface area contributed by atoms with Crippen LogP contribution in [-0.4, -0.2) is 25.7 Å². The summed E-state index contributed by atoms with van der Waals surface area (Å²) in [4.78, 5) is 20.1. The van der Waals surface area contributed by atoms with Crippen molar-refractivity contribution in [3.05, 3.63) is 83.3 Å². The molecule has 2 aromatic heterocycles. The summed E-state index contributed by atoms with van der Waals surface area (Å²) in [6.45, 7) is 2.12. The number of nitriles is 1. The fourth-order valence-electron chi connectivity index (χ4n) is 3.14. The maximum atomic E-state index is 14.7. The number of nitrogens with two attached hydrogens (primary N) is 1.